The molecule has 0 aromatic heterocycles. The molecular formula is C9H17F2N3. The Balaban J connectivity index is 2.47. The highest BCUT2D eigenvalue weighted by molar-refractivity contribution is 5.75. The highest BCUT2D eigenvalue weighted by Crippen LogP contribution is 2.35. The summed E-state index contributed by atoms with van der Waals surface area (Å²) in [6, 6.07) is 0. The van der Waals surface area contributed by atoms with Gasteiger partial charge in [-0.3, -0.25) is 4.99 Å². The Morgan fingerprint density at radius 1 is 1.36 bits per heavy atom. The van der Waals surface area contributed by atoms with E-state index < -0.39 is 5.92 Å². The first kappa shape index (κ1) is 11.2. The van der Waals surface area contributed by atoms with Gasteiger partial charge < -0.3 is 11.5 Å². The van der Waals surface area contributed by atoms with Crippen LogP contribution in [0.3, 0.4) is 0 Å². The third kappa shape index (κ3) is 3.89. The molecule has 0 aliphatic heterocycles. The molecule has 5 heteroatoms. The Hall–Kier alpha value is -0.870. The minimum absolute atomic E-state index is 0.00528. The first-order valence-corrected chi connectivity index (χ1v) is 4.93. The summed E-state index contributed by atoms with van der Waals surface area (Å²) in [4.78, 5) is 3.79. The second-order valence-electron chi connectivity index (χ2n) is 3.94. The summed E-state index contributed by atoms with van der Waals surface area (Å²) in [6.07, 6.45) is 2.17. The van der Waals surface area contributed by atoms with E-state index in [-0.39, 0.29) is 24.7 Å². The zero-order valence-corrected chi connectivity index (χ0v) is 8.18. The molecule has 3 nitrogen and oxygen atoms in total. The van der Waals surface area contributed by atoms with Crippen molar-refractivity contribution in [1.82, 2.24) is 0 Å². The summed E-state index contributed by atoms with van der Waals surface area (Å²) in [7, 11) is 0. The maximum atomic E-state index is 13.1. The molecule has 0 aromatic rings. The van der Waals surface area contributed by atoms with Crippen molar-refractivity contribution in [3.05, 3.63) is 0 Å². The fraction of sp³-hybridized carbons (Fsp3) is 0.889. The van der Waals surface area contributed by atoms with Crippen LogP contribution in [0.2, 0.25) is 0 Å². The maximum Gasteiger partial charge on any atom is 0.248 e. The Bertz CT molecular complexity index is 212. The number of nitrogens with zero attached hydrogens (tertiary/aromatic N) is 1. The predicted molar refractivity (Wildman–Crippen MR) is 52.2 cm³/mol. The highest BCUT2D eigenvalue weighted by atomic mass is 19.3. The van der Waals surface area contributed by atoms with Crippen molar-refractivity contribution >= 4 is 5.96 Å². The zero-order chi connectivity index (χ0) is 10.6. The van der Waals surface area contributed by atoms with Crippen LogP contribution in [0.4, 0.5) is 8.78 Å². The second-order valence-corrected chi connectivity index (χ2v) is 3.94. The van der Waals surface area contributed by atoms with E-state index in [1.54, 1.807) is 0 Å². The molecule has 1 fully saturated rings. The third-order valence-corrected chi connectivity index (χ3v) is 2.52. The molecule has 1 rings (SSSR count). The molecule has 0 amide bonds. The molecular weight excluding hydrogens is 188 g/mol. The molecule has 0 spiro atoms. The van der Waals surface area contributed by atoms with Crippen LogP contribution in [-0.4, -0.2) is 18.4 Å². The van der Waals surface area contributed by atoms with Crippen LogP contribution in [-0.2, 0) is 0 Å². The monoisotopic (exact) mass is 205 g/mol. The van der Waals surface area contributed by atoms with Crippen LogP contribution in [0.25, 0.3) is 0 Å². The smallest absolute Gasteiger partial charge is 0.248 e. The summed E-state index contributed by atoms with van der Waals surface area (Å²) >= 11 is 0. The Labute approximate surface area is 82.6 Å². The first-order valence-electron chi connectivity index (χ1n) is 4.93. The van der Waals surface area contributed by atoms with Crippen LogP contribution in [0, 0.1) is 5.92 Å². The van der Waals surface area contributed by atoms with Crippen molar-refractivity contribution in [2.24, 2.45) is 22.4 Å². The number of hydrogen-bond donors (Lipinski definition) is 2. The minimum atomic E-state index is -2.53. The topological polar surface area (TPSA) is 64.4 Å². The number of alkyl halides is 2. The number of halogens is 2. The number of nitrogens with two attached hydrogens (primary N) is 2. The van der Waals surface area contributed by atoms with Gasteiger partial charge in [0.05, 0.1) is 0 Å². The van der Waals surface area contributed by atoms with E-state index in [0.29, 0.717) is 13.0 Å². The number of aliphatic imine (C=N–C) groups is 1. The van der Waals surface area contributed by atoms with Crippen molar-refractivity contribution in [3.8, 4) is 0 Å². The van der Waals surface area contributed by atoms with E-state index in [1.165, 1.54) is 0 Å². The highest BCUT2D eigenvalue weighted by Gasteiger charge is 2.34. The summed E-state index contributed by atoms with van der Waals surface area (Å²) < 4.78 is 26.3. The maximum absolute atomic E-state index is 13.1. The average Bonchev–Trinajstić information content (AvgIpc) is 2.22. The van der Waals surface area contributed by atoms with Crippen molar-refractivity contribution in [3.63, 3.8) is 0 Å². The molecule has 1 aliphatic carbocycles. The quantitative estimate of drug-likeness (QED) is 0.407. The Morgan fingerprint density at radius 2 is 2.07 bits per heavy atom. The number of guanidine groups is 1. The molecule has 1 aliphatic rings. The molecule has 0 saturated heterocycles. The van der Waals surface area contributed by atoms with Gasteiger partial charge >= 0.3 is 0 Å². The molecule has 82 valence electrons. The Morgan fingerprint density at radius 3 is 2.71 bits per heavy atom. The van der Waals surface area contributed by atoms with E-state index in [4.69, 9.17) is 11.5 Å². The number of rotatable bonds is 2. The van der Waals surface area contributed by atoms with Gasteiger partial charge in [-0.05, 0) is 18.8 Å². The molecule has 14 heavy (non-hydrogen) atoms. The molecule has 1 saturated carbocycles. The fourth-order valence-electron chi connectivity index (χ4n) is 1.83. The van der Waals surface area contributed by atoms with Gasteiger partial charge in [0, 0.05) is 19.4 Å². The molecule has 1 atom stereocenters. The lowest BCUT2D eigenvalue weighted by Gasteiger charge is -2.17. The summed E-state index contributed by atoms with van der Waals surface area (Å²) in [6.45, 7) is 0.331. The van der Waals surface area contributed by atoms with Crippen molar-refractivity contribution in [2.75, 3.05) is 6.54 Å². The van der Waals surface area contributed by atoms with Crippen LogP contribution in [0.1, 0.15) is 32.1 Å². The van der Waals surface area contributed by atoms with Crippen LogP contribution in [0.5, 0.6) is 0 Å². The second kappa shape index (κ2) is 4.57. The first-order chi connectivity index (χ1) is 6.49. The fourth-order valence-corrected chi connectivity index (χ4v) is 1.83. The standard InChI is InChI=1S/C9H17F2N3/c10-9(11)4-2-1-3-7(5-9)6-14-8(12)13/h7H,1-6H2,(H4,12,13,14). The van der Waals surface area contributed by atoms with Gasteiger partial charge in [-0.15, -0.1) is 0 Å². The molecule has 0 bridgehead atoms. The Kier molecular flexibility index (Phi) is 3.66. The number of hydrogen-bond acceptors (Lipinski definition) is 1. The molecule has 4 N–H and O–H groups in total. The molecule has 1 unspecified atom stereocenters. The average molecular weight is 205 g/mol. The van der Waals surface area contributed by atoms with Gasteiger partial charge in [0.15, 0.2) is 5.96 Å². The SMILES string of the molecule is NC(N)=NCC1CCCCC(F)(F)C1. The summed E-state index contributed by atoms with van der Waals surface area (Å²) in [5.74, 6) is -2.62. The lowest BCUT2D eigenvalue weighted by Crippen LogP contribution is -2.25. The van der Waals surface area contributed by atoms with Gasteiger partial charge in [-0.25, -0.2) is 8.78 Å². The third-order valence-electron chi connectivity index (χ3n) is 2.52. The van der Waals surface area contributed by atoms with Gasteiger partial charge in [-0.2, -0.15) is 0 Å². The predicted octanol–water partition coefficient (Wildman–Crippen LogP) is 1.48. The van der Waals surface area contributed by atoms with E-state index in [1.807, 2.05) is 0 Å². The molecule has 0 aromatic carbocycles. The van der Waals surface area contributed by atoms with Crippen molar-refractivity contribution in [1.29, 1.82) is 0 Å². The molecule has 0 heterocycles. The van der Waals surface area contributed by atoms with Crippen molar-refractivity contribution < 1.29 is 8.78 Å². The largest absolute Gasteiger partial charge is 0.370 e. The normalized spacial score (nSPS) is 26.6. The summed E-state index contributed by atoms with van der Waals surface area (Å²) in [5.41, 5.74) is 10.3. The van der Waals surface area contributed by atoms with Gasteiger partial charge in [0.25, 0.3) is 0 Å². The van der Waals surface area contributed by atoms with Gasteiger partial charge in [-0.1, -0.05) is 6.42 Å². The van der Waals surface area contributed by atoms with Crippen LogP contribution < -0.4 is 11.5 Å². The van der Waals surface area contributed by atoms with Crippen LogP contribution >= 0.6 is 0 Å². The zero-order valence-electron chi connectivity index (χ0n) is 8.18. The van der Waals surface area contributed by atoms with Gasteiger partial charge in [0.1, 0.15) is 0 Å². The van der Waals surface area contributed by atoms with Crippen LogP contribution in [0.15, 0.2) is 4.99 Å². The lowest BCUT2D eigenvalue weighted by molar-refractivity contribution is -0.0241. The van der Waals surface area contributed by atoms with Gasteiger partial charge in [0.2, 0.25) is 5.92 Å². The summed E-state index contributed by atoms with van der Waals surface area (Å²) in [5, 5.41) is 0. The van der Waals surface area contributed by atoms with E-state index in [2.05, 4.69) is 4.99 Å². The lowest BCUT2D eigenvalue weighted by atomic mass is 9.99. The molecule has 0 radical (unpaired) electrons. The van der Waals surface area contributed by atoms with Crippen molar-refractivity contribution in [2.45, 2.75) is 38.0 Å². The minimum Gasteiger partial charge on any atom is -0.370 e. The van der Waals surface area contributed by atoms with E-state index in [0.717, 1.165) is 12.8 Å². The van der Waals surface area contributed by atoms with E-state index in [9.17, 15) is 8.78 Å². The van der Waals surface area contributed by atoms with E-state index >= 15 is 0 Å².